The molecule has 0 bridgehead atoms. The molecule has 4 rings (SSSR count). The Hall–Kier alpha value is -3.42. The molecule has 29 heavy (non-hydrogen) atoms. The molecule has 1 aliphatic heterocycles. The standard InChI is InChI=1S/C21H23FN6O/c1-13-9-19(25-14(13)2)27-21(29)28-8-4-3-7-24-18-6-5-17(26-20(18)28)15-10-16(22)12-23-11-15/h5-6,9-12,24-25H,3-4,7-8H2,1-2H3,(H,27,29). The van der Waals surface area contributed by atoms with Gasteiger partial charge in [-0.05, 0) is 56.5 Å². The van der Waals surface area contributed by atoms with Crippen molar-refractivity contribution in [1.29, 1.82) is 0 Å². The van der Waals surface area contributed by atoms with Crippen LogP contribution in [0, 0.1) is 19.7 Å². The molecule has 0 saturated heterocycles. The number of aryl methyl sites for hydroxylation is 2. The molecular weight excluding hydrogens is 371 g/mol. The Labute approximate surface area is 168 Å². The first-order valence-corrected chi connectivity index (χ1v) is 9.62. The monoisotopic (exact) mass is 394 g/mol. The average Bonchev–Trinajstić information content (AvgIpc) is 2.99. The first-order chi connectivity index (χ1) is 14.0. The summed E-state index contributed by atoms with van der Waals surface area (Å²) in [6.45, 7) is 5.29. The molecule has 3 aromatic rings. The number of hydrogen-bond donors (Lipinski definition) is 3. The molecule has 150 valence electrons. The van der Waals surface area contributed by atoms with Gasteiger partial charge >= 0.3 is 6.03 Å². The van der Waals surface area contributed by atoms with Gasteiger partial charge in [0.15, 0.2) is 5.82 Å². The van der Waals surface area contributed by atoms with E-state index in [0.29, 0.717) is 29.4 Å². The van der Waals surface area contributed by atoms with Crippen LogP contribution in [0.25, 0.3) is 11.3 Å². The second kappa shape index (κ2) is 7.90. The van der Waals surface area contributed by atoms with Gasteiger partial charge in [-0.3, -0.25) is 15.2 Å². The Bertz CT molecular complexity index is 1030. The van der Waals surface area contributed by atoms with Crippen molar-refractivity contribution in [3.63, 3.8) is 0 Å². The van der Waals surface area contributed by atoms with Gasteiger partial charge in [0.05, 0.1) is 17.6 Å². The van der Waals surface area contributed by atoms with Gasteiger partial charge in [-0.1, -0.05) is 0 Å². The Morgan fingerprint density at radius 3 is 2.83 bits per heavy atom. The summed E-state index contributed by atoms with van der Waals surface area (Å²) in [6.07, 6.45) is 4.50. The molecule has 0 saturated carbocycles. The van der Waals surface area contributed by atoms with Crippen LogP contribution in [0.4, 0.5) is 26.5 Å². The minimum atomic E-state index is -0.429. The van der Waals surface area contributed by atoms with Gasteiger partial charge in [0, 0.05) is 30.5 Å². The van der Waals surface area contributed by atoms with E-state index in [1.54, 1.807) is 17.2 Å². The van der Waals surface area contributed by atoms with Crippen LogP contribution in [0.3, 0.4) is 0 Å². The van der Waals surface area contributed by atoms with E-state index in [0.717, 1.165) is 42.5 Å². The summed E-state index contributed by atoms with van der Waals surface area (Å²) in [5.41, 5.74) is 3.98. The van der Waals surface area contributed by atoms with Gasteiger partial charge < -0.3 is 10.3 Å². The van der Waals surface area contributed by atoms with Crippen LogP contribution in [0.1, 0.15) is 24.1 Å². The molecule has 3 aromatic heterocycles. The molecule has 0 spiro atoms. The maximum Gasteiger partial charge on any atom is 0.328 e. The lowest BCUT2D eigenvalue weighted by molar-refractivity contribution is 0.256. The highest BCUT2D eigenvalue weighted by Gasteiger charge is 2.23. The van der Waals surface area contributed by atoms with Crippen LogP contribution in [-0.4, -0.2) is 34.1 Å². The van der Waals surface area contributed by atoms with Gasteiger partial charge in [0.1, 0.15) is 11.6 Å². The van der Waals surface area contributed by atoms with Crippen molar-refractivity contribution < 1.29 is 9.18 Å². The zero-order valence-corrected chi connectivity index (χ0v) is 16.4. The van der Waals surface area contributed by atoms with Crippen molar-refractivity contribution in [2.45, 2.75) is 26.7 Å². The Morgan fingerprint density at radius 2 is 2.07 bits per heavy atom. The van der Waals surface area contributed by atoms with Crippen molar-refractivity contribution in [1.82, 2.24) is 15.0 Å². The molecule has 0 radical (unpaired) electrons. The number of halogens is 1. The molecule has 7 nitrogen and oxygen atoms in total. The lowest BCUT2D eigenvalue weighted by atomic mass is 10.1. The van der Waals surface area contributed by atoms with Gasteiger partial charge in [-0.2, -0.15) is 0 Å². The third-order valence-corrected chi connectivity index (χ3v) is 5.02. The summed E-state index contributed by atoms with van der Waals surface area (Å²) >= 11 is 0. The zero-order chi connectivity index (χ0) is 20.4. The molecule has 8 heteroatoms. The quantitative estimate of drug-likeness (QED) is 0.598. The van der Waals surface area contributed by atoms with Gasteiger partial charge in [0.2, 0.25) is 0 Å². The van der Waals surface area contributed by atoms with E-state index in [2.05, 4.69) is 25.6 Å². The topological polar surface area (TPSA) is 85.9 Å². The largest absolute Gasteiger partial charge is 0.382 e. The summed E-state index contributed by atoms with van der Waals surface area (Å²) in [4.78, 5) is 26.4. The Morgan fingerprint density at radius 1 is 1.21 bits per heavy atom. The van der Waals surface area contributed by atoms with E-state index in [4.69, 9.17) is 0 Å². The number of pyridine rings is 2. The fraction of sp³-hybridized carbons (Fsp3) is 0.286. The fourth-order valence-corrected chi connectivity index (χ4v) is 3.34. The molecule has 4 heterocycles. The predicted molar refractivity (Wildman–Crippen MR) is 112 cm³/mol. The zero-order valence-electron chi connectivity index (χ0n) is 16.4. The number of aromatic amines is 1. The van der Waals surface area contributed by atoms with Crippen LogP contribution < -0.4 is 15.5 Å². The lowest BCUT2D eigenvalue weighted by Gasteiger charge is -2.27. The minimum Gasteiger partial charge on any atom is -0.382 e. The number of rotatable bonds is 2. The number of H-pyrrole nitrogens is 1. The smallest absolute Gasteiger partial charge is 0.328 e. The summed E-state index contributed by atoms with van der Waals surface area (Å²) in [6, 6.07) is 6.69. The van der Waals surface area contributed by atoms with Crippen molar-refractivity contribution in [3.05, 3.63) is 53.7 Å². The number of hydrogen-bond acceptors (Lipinski definition) is 4. The predicted octanol–water partition coefficient (Wildman–Crippen LogP) is 4.47. The van der Waals surface area contributed by atoms with E-state index in [9.17, 15) is 9.18 Å². The van der Waals surface area contributed by atoms with E-state index >= 15 is 0 Å². The van der Waals surface area contributed by atoms with E-state index in [1.807, 2.05) is 26.0 Å². The third-order valence-electron chi connectivity index (χ3n) is 5.02. The number of carbonyl (C=O) groups excluding carboxylic acids is 1. The number of amides is 2. The number of anilines is 3. The molecular formula is C21H23FN6O. The average molecular weight is 394 g/mol. The SMILES string of the molecule is Cc1cc(NC(=O)N2CCCCNc3ccc(-c4cncc(F)c4)nc32)[nH]c1C. The normalized spacial score (nSPS) is 13.8. The number of fused-ring (bicyclic) bond motifs is 1. The molecule has 0 aromatic carbocycles. The lowest BCUT2D eigenvalue weighted by Crippen LogP contribution is -2.38. The maximum atomic E-state index is 13.6. The number of nitrogens with zero attached hydrogens (tertiary/aromatic N) is 3. The highest BCUT2D eigenvalue weighted by Crippen LogP contribution is 2.30. The van der Waals surface area contributed by atoms with Crippen molar-refractivity contribution in [3.8, 4) is 11.3 Å². The van der Waals surface area contributed by atoms with Crippen LogP contribution >= 0.6 is 0 Å². The number of nitrogens with one attached hydrogen (secondary N) is 3. The molecule has 0 fully saturated rings. The Kier molecular flexibility index (Phi) is 5.16. The highest BCUT2D eigenvalue weighted by atomic mass is 19.1. The first kappa shape index (κ1) is 18.9. The highest BCUT2D eigenvalue weighted by molar-refractivity contribution is 6.02. The van der Waals surface area contributed by atoms with Gasteiger partial charge in [-0.15, -0.1) is 0 Å². The van der Waals surface area contributed by atoms with E-state index in [1.165, 1.54) is 6.07 Å². The van der Waals surface area contributed by atoms with Crippen molar-refractivity contribution >= 4 is 23.4 Å². The van der Waals surface area contributed by atoms with Crippen molar-refractivity contribution in [2.75, 3.05) is 28.6 Å². The summed E-state index contributed by atoms with van der Waals surface area (Å²) in [5, 5.41) is 6.26. The second-order valence-corrected chi connectivity index (χ2v) is 7.17. The van der Waals surface area contributed by atoms with Gasteiger partial charge in [0.25, 0.3) is 0 Å². The molecule has 0 unspecified atom stereocenters. The van der Waals surface area contributed by atoms with E-state index in [-0.39, 0.29) is 6.03 Å². The molecule has 0 atom stereocenters. The Balaban J connectivity index is 1.69. The summed E-state index contributed by atoms with van der Waals surface area (Å²) in [5.74, 6) is 0.734. The van der Waals surface area contributed by atoms with Crippen molar-refractivity contribution in [2.24, 2.45) is 0 Å². The molecule has 2 amide bonds. The van der Waals surface area contributed by atoms with Crippen LogP contribution in [-0.2, 0) is 0 Å². The molecule has 0 aliphatic carbocycles. The number of aromatic nitrogens is 3. The van der Waals surface area contributed by atoms with Crippen LogP contribution in [0.2, 0.25) is 0 Å². The third kappa shape index (κ3) is 4.06. The fourth-order valence-electron chi connectivity index (χ4n) is 3.34. The number of carbonyl (C=O) groups is 1. The summed E-state index contributed by atoms with van der Waals surface area (Å²) < 4.78 is 13.6. The minimum absolute atomic E-state index is 0.266. The molecule has 1 aliphatic rings. The number of urea groups is 1. The van der Waals surface area contributed by atoms with Gasteiger partial charge in [-0.25, -0.2) is 14.2 Å². The van der Waals surface area contributed by atoms with E-state index < -0.39 is 5.82 Å². The van der Waals surface area contributed by atoms with Crippen LogP contribution in [0.15, 0.2) is 36.7 Å². The summed E-state index contributed by atoms with van der Waals surface area (Å²) in [7, 11) is 0. The van der Waals surface area contributed by atoms with Crippen LogP contribution in [0.5, 0.6) is 0 Å². The molecule has 3 N–H and O–H groups in total. The maximum absolute atomic E-state index is 13.6. The first-order valence-electron chi connectivity index (χ1n) is 9.62. The second-order valence-electron chi connectivity index (χ2n) is 7.17.